The van der Waals surface area contributed by atoms with E-state index in [-0.39, 0.29) is 4.90 Å². The standard InChI is InChI=1S/C25H27N5O2S/c1-4-30(5-2)33(31,32)20-15-16-24(26-17-20)28-27-18-22-21-13-9-10-14-23(21)29(3)25(22)19-11-7-6-8-12-19/h6-18H,4-5H2,1-3H3,(H,26,28)/b27-18-. The van der Waals surface area contributed by atoms with Crippen LogP contribution in [0.4, 0.5) is 5.82 Å². The van der Waals surface area contributed by atoms with E-state index in [1.807, 2.05) is 51.2 Å². The third-order valence-electron chi connectivity index (χ3n) is 5.65. The van der Waals surface area contributed by atoms with Crippen LogP contribution in [0.5, 0.6) is 0 Å². The zero-order chi connectivity index (χ0) is 23.4. The molecule has 0 saturated heterocycles. The number of rotatable bonds is 8. The van der Waals surface area contributed by atoms with Crippen molar-refractivity contribution < 1.29 is 8.42 Å². The highest BCUT2D eigenvalue weighted by molar-refractivity contribution is 7.89. The Labute approximate surface area is 194 Å². The topological polar surface area (TPSA) is 79.6 Å². The zero-order valence-electron chi connectivity index (χ0n) is 18.9. The number of hydrogen-bond donors (Lipinski definition) is 1. The molecule has 0 spiro atoms. The van der Waals surface area contributed by atoms with Gasteiger partial charge in [0, 0.05) is 42.8 Å². The van der Waals surface area contributed by atoms with E-state index < -0.39 is 10.0 Å². The molecular formula is C25H27N5O2S. The molecule has 33 heavy (non-hydrogen) atoms. The number of anilines is 1. The first-order valence-electron chi connectivity index (χ1n) is 10.9. The summed E-state index contributed by atoms with van der Waals surface area (Å²) in [5.41, 5.74) is 7.19. The molecule has 0 unspecified atom stereocenters. The van der Waals surface area contributed by atoms with Crippen LogP contribution >= 0.6 is 0 Å². The minimum absolute atomic E-state index is 0.168. The van der Waals surface area contributed by atoms with Crippen LogP contribution in [-0.2, 0) is 17.1 Å². The molecule has 0 amide bonds. The molecule has 0 radical (unpaired) electrons. The summed E-state index contributed by atoms with van der Waals surface area (Å²) in [5, 5.41) is 5.51. The van der Waals surface area contributed by atoms with Gasteiger partial charge >= 0.3 is 0 Å². The predicted octanol–water partition coefficient (Wildman–Crippen LogP) is 4.72. The highest BCUT2D eigenvalue weighted by Crippen LogP contribution is 2.31. The summed E-state index contributed by atoms with van der Waals surface area (Å²) in [5.74, 6) is 0.464. The van der Waals surface area contributed by atoms with E-state index in [0.29, 0.717) is 18.9 Å². The van der Waals surface area contributed by atoms with E-state index in [9.17, 15) is 8.42 Å². The summed E-state index contributed by atoms with van der Waals surface area (Å²) < 4.78 is 28.8. The fourth-order valence-corrected chi connectivity index (χ4v) is 5.38. The molecular weight excluding hydrogens is 434 g/mol. The molecule has 170 valence electrons. The van der Waals surface area contributed by atoms with Crippen LogP contribution in [0, 0.1) is 0 Å². The van der Waals surface area contributed by atoms with Crippen molar-refractivity contribution in [2.45, 2.75) is 18.7 Å². The number of para-hydroxylation sites is 1. The fraction of sp³-hybridized carbons (Fsp3) is 0.200. The molecule has 2 heterocycles. The number of fused-ring (bicyclic) bond motifs is 1. The van der Waals surface area contributed by atoms with Gasteiger partial charge in [-0.25, -0.2) is 13.4 Å². The Kier molecular flexibility index (Phi) is 6.57. The summed E-state index contributed by atoms with van der Waals surface area (Å²) in [6.45, 7) is 4.46. The summed E-state index contributed by atoms with van der Waals surface area (Å²) in [4.78, 5) is 4.41. The van der Waals surface area contributed by atoms with Gasteiger partial charge in [0.05, 0.1) is 11.9 Å². The monoisotopic (exact) mass is 461 g/mol. The Bertz CT molecular complexity index is 1370. The van der Waals surface area contributed by atoms with Crippen molar-refractivity contribution in [3.63, 3.8) is 0 Å². The van der Waals surface area contributed by atoms with Gasteiger partial charge < -0.3 is 4.57 Å². The predicted molar refractivity (Wildman–Crippen MR) is 134 cm³/mol. The lowest BCUT2D eigenvalue weighted by Gasteiger charge is -2.18. The summed E-state index contributed by atoms with van der Waals surface area (Å²) in [6.07, 6.45) is 3.14. The SMILES string of the molecule is CCN(CC)S(=O)(=O)c1ccc(N/N=C\c2c(-c3ccccc3)n(C)c3ccccc23)nc1. The van der Waals surface area contributed by atoms with Crippen LogP contribution < -0.4 is 5.43 Å². The van der Waals surface area contributed by atoms with Crippen LogP contribution in [0.2, 0.25) is 0 Å². The minimum atomic E-state index is -3.54. The number of sulfonamides is 1. The Morgan fingerprint density at radius 2 is 1.70 bits per heavy atom. The van der Waals surface area contributed by atoms with E-state index >= 15 is 0 Å². The zero-order valence-corrected chi connectivity index (χ0v) is 19.7. The Morgan fingerprint density at radius 3 is 2.36 bits per heavy atom. The Morgan fingerprint density at radius 1 is 1.00 bits per heavy atom. The number of pyridine rings is 1. The number of aromatic nitrogens is 2. The lowest BCUT2D eigenvalue weighted by atomic mass is 10.1. The third kappa shape index (κ3) is 4.40. The molecule has 0 aliphatic rings. The normalized spacial score (nSPS) is 12.1. The average molecular weight is 462 g/mol. The first-order valence-corrected chi connectivity index (χ1v) is 12.3. The van der Waals surface area contributed by atoms with E-state index in [1.165, 1.54) is 10.5 Å². The molecule has 0 bridgehead atoms. The van der Waals surface area contributed by atoms with Gasteiger partial charge in [0.25, 0.3) is 0 Å². The van der Waals surface area contributed by atoms with Crippen molar-refractivity contribution in [3.05, 3.63) is 78.5 Å². The van der Waals surface area contributed by atoms with Gasteiger partial charge in [0.2, 0.25) is 10.0 Å². The van der Waals surface area contributed by atoms with E-state index in [1.54, 1.807) is 18.3 Å². The molecule has 0 fully saturated rings. The molecule has 0 atom stereocenters. The lowest BCUT2D eigenvalue weighted by Crippen LogP contribution is -2.30. The van der Waals surface area contributed by atoms with Gasteiger partial charge in [-0.05, 0) is 23.8 Å². The molecule has 0 saturated carbocycles. The van der Waals surface area contributed by atoms with Crippen LogP contribution in [0.25, 0.3) is 22.2 Å². The van der Waals surface area contributed by atoms with E-state index in [0.717, 1.165) is 27.7 Å². The Hall–Kier alpha value is -3.49. The second kappa shape index (κ2) is 9.56. The van der Waals surface area contributed by atoms with E-state index in [4.69, 9.17) is 0 Å². The molecule has 2 aromatic heterocycles. The third-order valence-corrected chi connectivity index (χ3v) is 7.68. The molecule has 0 aliphatic carbocycles. The highest BCUT2D eigenvalue weighted by atomic mass is 32.2. The molecule has 4 rings (SSSR count). The minimum Gasteiger partial charge on any atom is -0.343 e. The number of hydrazone groups is 1. The summed E-state index contributed by atoms with van der Waals surface area (Å²) >= 11 is 0. The smallest absolute Gasteiger partial charge is 0.244 e. The number of nitrogens with zero attached hydrogens (tertiary/aromatic N) is 4. The van der Waals surface area contributed by atoms with Crippen molar-refractivity contribution in [1.82, 2.24) is 13.9 Å². The van der Waals surface area contributed by atoms with Gasteiger partial charge in [0.1, 0.15) is 10.7 Å². The molecule has 7 nitrogen and oxygen atoms in total. The molecule has 0 aliphatic heterocycles. The molecule has 8 heteroatoms. The van der Waals surface area contributed by atoms with Crippen molar-refractivity contribution >= 4 is 33.0 Å². The van der Waals surface area contributed by atoms with Crippen molar-refractivity contribution in [2.24, 2.45) is 12.1 Å². The first kappa shape index (κ1) is 22.7. The lowest BCUT2D eigenvalue weighted by molar-refractivity contribution is 0.445. The maximum Gasteiger partial charge on any atom is 0.244 e. The Balaban J connectivity index is 1.63. The molecule has 4 aromatic rings. The van der Waals surface area contributed by atoms with Gasteiger partial charge in [-0.3, -0.25) is 5.43 Å². The van der Waals surface area contributed by atoms with Crippen LogP contribution in [0.15, 0.2) is 82.9 Å². The van der Waals surface area contributed by atoms with Gasteiger partial charge in [-0.15, -0.1) is 0 Å². The highest BCUT2D eigenvalue weighted by Gasteiger charge is 2.21. The molecule has 2 aromatic carbocycles. The van der Waals surface area contributed by atoms with Gasteiger partial charge in [-0.1, -0.05) is 62.4 Å². The maximum absolute atomic E-state index is 12.6. The van der Waals surface area contributed by atoms with Crippen LogP contribution in [-0.4, -0.2) is 41.6 Å². The van der Waals surface area contributed by atoms with Crippen LogP contribution in [0.1, 0.15) is 19.4 Å². The number of hydrogen-bond acceptors (Lipinski definition) is 5. The number of benzene rings is 2. The maximum atomic E-state index is 12.6. The average Bonchev–Trinajstić information content (AvgIpc) is 3.12. The quantitative estimate of drug-likeness (QED) is 0.304. The van der Waals surface area contributed by atoms with Crippen molar-refractivity contribution in [1.29, 1.82) is 0 Å². The van der Waals surface area contributed by atoms with Crippen molar-refractivity contribution in [3.8, 4) is 11.3 Å². The summed E-state index contributed by atoms with van der Waals surface area (Å²) in [6, 6.07) is 21.6. The van der Waals surface area contributed by atoms with Crippen molar-refractivity contribution in [2.75, 3.05) is 18.5 Å². The largest absolute Gasteiger partial charge is 0.343 e. The fourth-order valence-electron chi connectivity index (χ4n) is 3.97. The van der Waals surface area contributed by atoms with Crippen LogP contribution in [0.3, 0.4) is 0 Å². The van der Waals surface area contributed by atoms with Gasteiger partial charge in [-0.2, -0.15) is 9.41 Å². The summed E-state index contributed by atoms with van der Waals surface area (Å²) in [7, 11) is -1.49. The van der Waals surface area contributed by atoms with E-state index in [2.05, 4.69) is 44.3 Å². The second-order valence-corrected chi connectivity index (χ2v) is 9.48. The molecule has 1 N–H and O–H groups in total. The second-order valence-electron chi connectivity index (χ2n) is 7.54. The first-order chi connectivity index (χ1) is 16.0. The number of aryl methyl sites for hydroxylation is 1. The number of nitrogens with one attached hydrogen (secondary N) is 1. The van der Waals surface area contributed by atoms with Gasteiger partial charge in [0.15, 0.2) is 0 Å².